The summed E-state index contributed by atoms with van der Waals surface area (Å²) >= 11 is 4.83. The van der Waals surface area contributed by atoms with Crippen molar-refractivity contribution < 1.29 is 8.42 Å². The van der Waals surface area contributed by atoms with E-state index in [1.165, 1.54) is 12.1 Å². The molecule has 0 fully saturated rings. The van der Waals surface area contributed by atoms with Crippen molar-refractivity contribution in [3.05, 3.63) is 29.8 Å². The van der Waals surface area contributed by atoms with Gasteiger partial charge in [0.2, 0.25) is 10.0 Å². The predicted octanol–water partition coefficient (Wildman–Crippen LogP) is 2.03. The molecule has 0 aliphatic heterocycles. The Bertz CT molecular complexity index is 538. The molecule has 0 bridgehead atoms. The maximum atomic E-state index is 12.2. The van der Waals surface area contributed by atoms with E-state index < -0.39 is 10.0 Å². The van der Waals surface area contributed by atoms with E-state index in [2.05, 4.69) is 4.72 Å². The van der Waals surface area contributed by atoms with Gasteiger partial charge in [0.15, 0.2) is 0 Å². The van der Waals surface area contributed by atoms with Crippen LogP contribution < -0.4 is 10.5 Å². The number of sulfonamides is 1. The third kappa shape index (κ3) is 4.26. The van der Waals surface area contributed by atoms with Crippen LogP contribution in [0.5, 0.6) is 0 Å². The zero-order chi connectivity index (χ0) is 14.6. The number of nitrogens with one attached hydrogen (secondary N) is 1. The fraction of sp³-hybridized carbons (Fsp3) is 0.462. The minimum Gasteiger partial charge on any atom is -0.389 e. The van der Waals surface area contributed by atoms with Gasteiger partial charge in [0.25, 0.3) is 0 Å². The fourth-order valence-electron chi connectivity index (χ4n) is 1.58. The Labute approximate surface area is 120 Å². The van der Waals surface area contributed by atoms with Crippen LogP contribution in [0.2, 0.25) is 0 Å². The van der Waals surface area contributed by atoms with Crippen molar-refractivity contribution in [1.29, 1.82) is 0 Å². The van der Waals surface area contributed by atoms with Gasteiger partial charge in [0, 0.05) is 11.6 Å². The minimum atomic E-state index is -3.49. The molecule has 1 aromatic rings. The maximum absolute atomic E-state index is 12.2. The summed E-state index contributed by atoms with van der Waals surface area (Å²) < 4.78 is 27.0. The van der Waals surface area contributed by atoms with Crippen molar-refractivity contribution in [2.75, 3.05) is 0 Å². The van der Waals surface area contributed by atoms with Crippen LogP contribution in [0.3, 0.4) is 0 Å². The number of benzene rings is 1. The van der Waals surface area contributed by atoms with Gasteiger partial charge in [0.1, 0.15) is 4.99 Å². The maximum Gasteiger partial charge on any atom is 0.240 e. The van der Waals surface area contributed by atoms with Gasteiger partial charge in [-0.25, -0.2) is 13.1 Å². The van der Waals surface area contributed by atoms with E-state index in [9.17, 15) is 8.42 Å². The van der Waals surface area contributed by atoms with Crippen LogP contribution in [0.1, 0.15) is 32.8 Å². The summed E-state index contributed by atoms with van der Waals surface area (Å²) in [6, 6.07) is 6.15. The molecule has 0 spiro atoms. The molecule has 0 aliphatic carbocycles. The molecule has 0 aliphatic rings. The third-order valence-electron chi connectivity index (χ3n) is 3.29. The highest BCUT2D eigenvalue weighted by Crippen LogP contribution is 2.14. The summed E-state index contributed by atoms with van der Waals surface area (Å²) in [7, 11) is -3.49. The quantitative estimate of drug-likeness (QED) is 0.789. The van der Waals surface area contributed by atoms with Crippen molar-refractivity contribution in [2.24, 2.45) is 11.7 Å². The molecule has 0 heterocycles. The van der Waals surface area contributed by atoms with Crippen LogP contribution in [0.15, 0.2) is 29.2 Å². The van der Waals surface area contributed by atoms with E-state index in [0.717, 1.165) is 6.42 Å². The fourth-order valence-corrected chi connectivity index (χ4v) is 3.07. The predicted molar refractivity (Wildman–Crippen MR) is 81.6 cm³/mol. The highest BCUT2D eigenvalue weighted by molar-refractivity contribution is 7.89. The van der Waals surface area contributed by atoms with Gasteiger partial charge < -0.3 is 5.73 Å². The van der Waals surface area contributed by atoms with Crippen molar-refractivity contribution >= 4 is 27.2 Å². The molecular weight excluding hydrogens is 280 g/mol. The standard InChI is InChI=1S/C13H20N2O2S2/c1-4-9(2)10(3)15-19(16,17)12-7-5-11(6-8-12)13(14)18/h5-10,15H,4H2,1-3H3,(H2,14,18). The first-order chi connectivity index (χ1) is 8.77. The van der Waals surface area contributed by atoms with Gasteiger partial charge in [-0.1, -0.05) is 44.6 Å². The average Bonchev–Trinajstić information content (AvgIpc) is 2.37. The Morgan fingerprint density at radius 1 is 1.32 bits per heavy atom. The van der Waals surface area contributed by atoms with Crippen LogP contribution in [0.25, 0.3) is 0 Å². The molecule has 106 valence electrons. The second kappa shape index (κ2) is 6.45. The lowest BCUT2D eigenvalue weighted by Gasteiger charge is -2.19. The molecule has 2 atom stereocenters. The zero-order valence-electron chi connectivity index (χ0n) is 11.4. The Hall–Kier alpha value is -0.980. The molecule has 3 N–H and O–H groups in total. The molecular formula is C13H20N2O2S2. The Morgan fingerprint density at radius 3 is 2.26 bits per heavy atom. The topological polar surface area (TPSA) is 72.2 Å². The summed E-state index contributed by atoms with van der Waals surface area (Å²) in [6.45, 7) is 5.92. The van der Waals surface area contributed by atoms with Crippen LogP contribution >= 0.6 is 12.2 Å². The summed E-state index contributed by atoms with van der Waals surface area (Å²) in [4.78, 5) is 0.479. The number of nitrogens with two attached hydrogens (primary N) is 1. The summed E-state index contributed by atoms with van der Waals surface area (Å²) in [5.74, 6) is 0.283. The van der Waals surface area contributed by atoms with Crippen LogP contribution in [-0.4, -0.2) is 19.4 Å². The van der Waals surface area contributed by atoms with Crippen molar-refractivity contribution in [1.82, 2.24) is 4.72 Å². The van der Waals surface area contributed by atoms with E-state index in [1.54, 1.807) is 12.1 Å². The summed E-state index contributed by atoms with van der Waals surface area (Å²) in [6.07, 6.45) is 0.921. The van der Waals surface area contributed by atoms with E-state index in [4.69, 9.17) is 18.0 Å². The Kier molecular flexibility index (Phi) is 5.46. The normalized spacial score (nSPS) is 14.9. The lowest BCUT2D eigenvalue weighted by molar-refractivity contribution is 0.434. The lowest BCUT2D eigenvalue weighted by Crippen LogP contribution is -2.36. The first-order valence-electron chi connectivity index (χ1n) is 6.20. The smallest absolute Gasteiger partial charge is 0.240 e. The lowest BCUT2D eigenvalue weighted by atomic mass is 10.0. The van der Waals surface area contributed by atoms with Gasteiger partial charge in [-0.3, -0.25) is 0 Å². The molecule has 1 rings (SSSR count). The number of hydrogen-bond donors (Lipinski definition) is 2. The summed E-state index contributed by atoms with van der Waals surface area (Å²) in [5, 5.41) is 0. The zero-order valence-corrected chi connectivity index (χ0v) is 13.0. The first kappa shape index (κ1) is 16.1. The molecule has 1 aromatic carbocycles. The van der Waals surface area contributed by atoms with Crippen LogP contribution in [-0.2, 0) is 10.0 Å². The average molecular weight is 300 g/mol. The Morgan fingerprint density at radius 2 is 1.84 bits per heavy atom. The second-order valence-electron chi connectivity index (χ2n) is 4.68. The monoisotopic (exact) mass is 300 g/mol. The van der Waals surface area contributed by atoms with Gasteiger partial charge in [-0.05, 0) is 25.0 Å². The van der Waals surface area contributed by atoms with E-state index >= 15 is 0 Å². The van der Waals surface area contributed by atoms with Crippen LogP contribution in [0, 0.1) is 5.92 Å². The highest BCUT2D eigenvalue weighted by atomic mass is 32.2. The van der Waals surface area contributed by atoms with Gasteiger partial charge in [0.05, 0.1) is 4.90 Å². The number of hydrogen-bond acceptors (Lipinski definition) is 3. The first-order valence-corrected chi connectivity index (χ1v) is 8.09. The molecule has 19 heavy (non-hydrogen) atoms. The molecule has 6 heteroatoms. The van der Waals surface area contributed by atoms with Gasteiger partial charge in [-0.15, -0.1) is 0 Å². The largest absolute Gasteiger partial charge is 0.389 e. The number of rotatable bonds is 6. The molecule has 4 nitrogen and oxygen atoms in total. The molecule has 0 amide bonds. The number of thiocarbonyl (C=S) groups is 1. The van der Waals surface area contributed by atoms with Gasteiger partial charge in [-0.2, -0.15) is 0 Å². The minimum absolute atomic E-state index is 0.106. The molecule has 2 unspecified atom stereocenters. The summed E-state index contributed by atoms with van der Waals surface area (Å²) in [5.41, 5.74) is 6.13. The molecule has 0 radical (unpaired) electrons. The van der Waals surface area contributed by atoms with Gasteiger partial charge >= 0.3 is 0 Å². The van der Waals surface area contributed by atoms with Crippen LogP contribution in [0.4, 0.5) is 0 Å². The van der Waals surface area contributed by atoms with Crippen molar-refractivity contribution in [3.8, 4) is 0 Å². The Balaban J connectivity index is 2.91. The van der Waals surface area contributed by atoms with Crippen molar-refractivity contribution in [3.63, 3.8) is 0 Å². The van der Waals surface area contributed by atoms with E-state index in [1.807, 2.05) is 20.8 Å². The van der Waals surface area contributed by atoms with E-state index in [-0.39, 0.29) is 21.8 Å². The van der Waals surface area contributed by atoms with Crippen molar-refractivity contribution in [2.45, 2.75) is 38.1 Å². The highest BCUT2D eigenvalue weighted by Gasteiger charge is 2.20. The molecule has 0 saturated carbocycles. The molecule has 0 saturated heterocycles. The second-order valence-corrected chi connectivity index (χ2v) is 6.84. The molecule has 0 aromatic heterocycles. The third-order valence-corrected chi connectivity index (χ3v) is 5.10. The van der Waals surface area contributed by atoms with E-state index in [0.29, 0.717) is 5.56 Å². The SMILES string of the molecule is CCC(C)C(C)NS(=O)(=O)c1ccc(C(N)=S)cc1.